The summed E-state index contributed by atoms with van der Waals surface area (Å²) in [5.74, 6) is -0.554. The lowest BCUT2D eigenvalue weighted by atomic mass is 9.74. The number of nitrogens with zero attached hydrogens (tertiary/aromatic N) is 2. The molecule has 40 heavy (non-hydrogen) atoms. The minimum atomic E-state index is -0.649. The first-order chi connectivity index (χ1) is 19.1. The molecule has 9 heteroatoms. The summed E-state index contributed by atoms with van der Waals surface area (Å²) in [4.78, 5) is 15.3. The number of ketones is 1. The molecule has 0 amide bonds. The lowest BCUT2D eigenvalue weighted by Crippen LogP contribution is -2.39. The van der Waals surface area contributed by atoms with Crippen LogP contribution in [0.3, 0.4) is 0 Å². The highest BCUT2D eigenvalue weighted by Crippen LogP contribution is 2.48. The summed E-state index contributed by atoms with van der Waals surface area (Å²) in [7, 11) is 0. The van der Waals surface area contributed by atoms with Crippen molar-refractivity contribution in [3.05, 3.63) is 114 Å². The Morgan fingerprint density at radius 1 is 1.05 bits per heavy atom. The minimum absolute atomic E-state index is 0.0301. The lowest BCUT2D eigenvalue weighted by molar-refractivity contribution is -0.116. The summed E-state index contributed by atoms with van der Waals surface area (Å²) in [5.41, 5.74) is 12.3. The van der Waals surface area contributed by atoms with Crippen molar-refractivity contribution in [1.29, 1.82) is 5.26 Å². The SMILES string of the molecule is Cc1cc(C)c(C2C(C#N)=C(N)N(c3ccc(Cl)cc3Cl)C3=C2C(=O)CCC3)cc1COc1ccc(F)cc1Cl. The molecule has 2 aliphatic rings. The van der Waals surface area contributed by atoms with E-state index in [1.165, 1.54) is 18.2 Å². The number of Topliss-reactive ketones (excluding diaryl/α,β-unsaturated/α-hetero) is 1. The van der Waals surface area contributed by atoms with Gasteiger partial charge in [-0.3, -0.25) is 9.69 Å². The number of allylic oxidation sites excluding steroid dienone is 3. The van der Waals surface area contributed by atoms with E-state index in [2.05, 4.69) is 6.07 Å². The topological polar surface area (TPSA) is 79.4 Å². The standard InChI is InChI=1S/C31H25Cl3FN3O2/c1-16-10-17(2)21(11-18(16)15-40-28-9-7-20(35)13-24(28)34)29-22(14-36)31(37)38(25-8-6-19(32)12-23(25)33)26-4-3-5-27(39)30(26)29/h6-13,29H,3-5,15,37H2,1-2H3. The van der Waals surface area contributed by atoms with E-state index in [-0.39, 0.29) is 28.8 Å². The Hall–Kier alpha value is -3.50. The average molecular weight is 597 g/mol. The van der Waals surface area contributed by atoms with Crippen molar-refractivity contribution in [2.45, 2.75) is 45.6 Å². The molecule has 0 fully saturated rings. The Morgan fingerprint density at radius 3 is 2.52 bits per heavy atom. The van der Waals surface area contributed by atoms with Gasteiger partial charge in [0.2, 0.25) is 0 Å². The molecule has 3 aromatic carbocycles. The van der Waals surface area contributed by atoms with Gasteiger partial charge >= 0.3 is 0 Å². The van der Waals surface area contributed by atoms with Crippen molar-refractivity contribution < 1.29 is 13.9 Å². The van der Waals surface area contributed by atoms with Crippen LogP contribution in [-0.4, -0.2) is 5.78 Å². The van der Waals surface area contributed by atoms with Crippen LogP contribution in [0.2, 0.25) is 15.1 Å². The van der Waals surface area contributed by atoms with Crippen molar-refractivity contribution in [1.82, 2.24) is 0 Å². The summed E-state index contributed by atoms with van der Waals surface area (Å²) >= 11 is 18.9. The molecule has 0 saturated carbocycles. The number of hydrogen-bond donors (Lipinski definition) is 1. The molecule has 1 aliphatic carbocycles. The van der Waals surface area contributed by atoms with Crippen molar-refractivity contribution in [3.63, 3.8) is 0 Å². The van der Waals surface area contributed by atoms with E-state index in [1.807, 2.05) is 26.0 Å². The van der Waals surface area contributed by atoms with E-state index >= 15 is 0 Å². The first kappa shape index (κ1) is 28.0. The van der Waals surface area contributed by atoms with E-state index in [9.17, 15) is 14.4 Å². The van der Waals surface area contributed by atoms with Gasteiger partial charge in [-0.25, -0.2) is 4.39 Å². The van der Waals surface area contributed by atoms with Gasteiger partial charge in [-0.15, -0.1) is 0 Å². The summed E-state index contributed by atoms with van der Waals surface area (Å²) < 4.78 is 19.4. The molecule has 2 N–H and O–H groups in total. The number of carbonyl (C=O) groups is 1. The van der Waals surface area contributed by atoms with Gasteiger partial charge in [0.25, 0.3) is 0 Å². The molecule has 204 valence electrons. The second-order valence-corrected chi connectivity index (χ2v) is 11.2. The van der Waals surface area contributed by atoms with Crippen LogP contribution in [0.5, 0.6) is 5.75 Å². The first-order valence-electron chi connectivity index (χ1n) is 12.7. The second-order valence-electron chi connectivity index (χ2n) is 9.91. The quantitative estimate of drug-likeness (QED) is 0.321. The number of ether oxygens (including phenoxy) is 1. The molecule has 0 bridgehead atoms. The third kappa shape index (κ3) is 5.06. The number of nitrogens with two attached hydrogens (primary N) is 1. The number of anilines is 1. The summed E-state index contributed by atoms with van der Waals surface area (Å²) in [6.07, 6.45) is 1.63. The second kappa shape index (κ2) is 11.2. The molecule has 0 aromatic heterocycles. The summed E-state index contributed by atoms with van der Waals surface area (Å²) in [6.45, 7) is 4.06. The summed E-state index contributed by atoms with van der Waals surface area (Å²) in [5, 5.41) is 11.4. The van der Waals surface area contributed by atoms with E-state index in [1.54, 1.807) is 23.1 Å². The fourth-order valence-corrected chi connectivity index (χ4v) is 6.18. The van der Waals surface area contributed by atoms with Crippen LogP contribution in [0, 0.1) is 31.0 Å². The van der Waals surface area contributed by atoms with Crippen LogP contribution in [0.4, 0.5) is 10.1 Å². The van der Waals surface area contributed by atoms with E-state index < -0.39 is 11.7 Å². The van der Waals surface area contributed by atoms with Gasteiger partial charge in [0.15, 0.2) is 5.78 Å². The van der Waals surface area contributed by atoms with Gasteiger partial charge in [-0.2, -0.15) is 5.26 Å². The van der Waals surface area contributed by atoms with Gasteiger partial charge in [0.05, 0.1) is 33.3 Å². The van der Waals surface area contributed by atoms with Crippen LogP contribution < -0.4 is 15.4 Å². The number of rotatable bonds is 5. The fourth-order valence-electron chi connectivity index (χ4n) is 5.47. The van der Waals surface area contributed by atoms with Crippen LogP contribution in [0.15, 0.2) is 71.2 Å². The molecule has 0 radical (unpaired) electrons. The van der Waals surface area contributed by atoms with Crippen molar-refractivity contribution in [2.24, 2.45) is 5.73 Å². The molecule has 0 spiro atoms. The molecular formula is C31H25Cl3FN3O2. The maximum atomic E-state index is 13.6. The van der Waals surface area contributed by atoms with Crippen LogP contribution in [0.25, 0.3) is 0 Å². The average Bonchev–Trinajstić information content (AvgIpc) is 2.89. The van der Waals surface area contributed by atoms with Gasteiger partial charge in [-0.1, -0.05) is 46.9 Å². The normalized spacial score (nSPS) is 17.2. The van der Waals surface area contributed by atoms with Crippen molar-refractivity contribution in [2.75, 3.05) is 4.90 Å². The largest absolute Gasteiger partial charge is 0.487 e. The smallest absolute Gasteiger partial charge is 0.161 e. The van der Waals surface area contributed by atoms with Crippen molar-refractivity contribution in [3.8, 4) is 11.8 Å². The molecule has 5 nitrogen and oxygen atoms in total. The highest BCUT2D eigenvalue weighted by atomic mass is 35.5. The van der Waals surface area contributed by atoms with Crippen molar-refractivity contribution >= 4 is 46.3 Å². The van der Waals surface area contributed by atoms with E-state index in [0.717, 1.165) is 28.0 Å². The number of nitriles is 1. The maximum Gasteiger partial charge on any atom is 0.161 e. The van der Waals surface area contributed by atoms with Gasteiger partial charge in [0.1, 0.15) is 24.0 Å². The van der Waals surface area contributed by atoms with E-state index in [0.29, 0.717) is 46.3 Å². The molecular weight excluding hydrogens is 572 g/mol. The predicted octanol–water partition coefficient (Wildman–Crippen LogP) is 8.29. The molecule has 1 aliphatic heterocycles. The lowest BCUT2D eigenvalue weighted by Gasteiger charge is -2.40. The Kier molecular flexibility index (Phi) is 7.83. The highest BCUT2D eigenvalue weighted by Gasteiger charge is 2.41. The number of halogens is 4. The Bertz CT molecular complexity index is 1660. The monoisotopic (exact) mass is 595 g/mol. The molecule has 3 aromatic rings. The fraction of sp³-hybridized carbons (Fsp3) is 0.226. The van der Waals surface area contributed by atoms with Gasteiger partial charge in [0, 0.05) is 22.7 Å². The molecule has 0 saturated heterocycles. The van der Waals surface area contributed by atoms with Gasteiger partial charge < -0.3 is 10.5 Å². The third-order valence-corrected chi connectivity index (χ3v) is 8.21. The minimum Gasteiger partial charge on any atom is -0.487 e. The number of carbonyl (C=O) groups excluding carboxylic acids is 1. The third-order valence-electron chi connectivity index (χ3n) is 7.38. The number of hydrogen-bond acceptors (Lipinski definition) is 5. The van der Waals surface area contributed by atoms with Crippen LogP contribution >= 0.6 is 34.8 Å². The highest BCUT2D eigenvalue weighted by molar-refractivity contribution is 6.36. The molecule has 1 heterocycles. The van der Waals surface area contributed by atoms with Crippen LogP contribution in [0.1, 0.15) is 47.4 Å². The first-order valence-corrected chi connectivity index (χ1v) is 13.8. The van der Waals surface area contributed by atoms with Gasteiger partial charge in [-0.05, 0) is 85.3 Å². The molecule has 5 rings (SSSR count). The molecule has 1 atom stereocenters. The predicted molar refractivity (Wildman–Crippen MR) is 156 cm³/mol. The zero-order valence-corrected chi connectivity index (χ0v) is 24.1. The zero-order valence-electron chi connectivity index (χ0n) is 21.8. The number of aryl methyl sites for hydroxylation is 2. The summed E-state index contributed by atoms with van der Waals surface area (Å²) in [6, 6.07) is 15.3. The van der Waals surface area contributed by atoms with Crippen LogP contribution in [-0.2, 0) is 11.4 Å². The Labute approximate surface area is 247 Å². The zero-order chi connectivity index (χ0) is 28.7. The van der Waals surface area contributed by atoms with E-state index in [4.69, 9.17) is 45.3 Å². The number of benzene rings is 3. The Balaban J connectivity index is 1.63. The maximum absolute atomic E-state index is 13.6. The Morgan fingerprint density at radius 2 is 1.82 bits per heavy atom. The molecule has 1 unspecified atom stereocenters.